The monoisotopic (exact) mass is 388 g/mol. The van der Waals surface area contributed by atoms with E-state index in [9.17, 15) is 4.79 Å². The van der Waals surface area contributed by atoms with Crippen molar-refractivity contribution in [3.05, 3.63) is 77.9 Å². The van der Waals surface area contributed by atoms with Crippen molar-refractivity contribution in [3.63, 3.8) is 0 Å². The molecule has 0 saturated carbocycles. The predicted octanol–water partition coefficient (Wildman–Crippen LogP) is 4.81. The quantitative estimate of drug-likeness (QED) is 0.632. The van der Waals surface area contributed by atoms with Crippen LogP contribution >= 0.6 is 0 Å². The Morgan fingerprint density at radius 2 is 1.72 bits per heavy atom. The lowest BCUT2D eigenvalue weighted by Crippen LogP contribution is -2.36. The summed E-state index contributed by atoms with van der Waals surface area (Å²) >= 11 is 0. The molecule has 1 aliphatic rings. The molecule has 1 amide bonds. The lowest BCUT2D eigenvalue weighted by molar-refractivity contribution is 0.0938. The average Bonchev–Trinajstić information content (AvgIpc) is 3.29. The summed E-state index contributed by atoms with van der Waals surface area (Å²) in [6.07, 6.45) is 2.43. The first kappa shape index (κ1) is 19.5. The van der Waals surface area contributed by atoms with Crippen molar-refractivity contribution < 1.29 is 9.53 Å². The minimum absolute atomic E-state index is 0.0440. The Balaban J connectivity index is 1.54. The highest BCUT2D eigenvalue weighted by molar-refractivity contribution is 5.94. The number of fused-ring (bicyclic) bond motifs is 1. The van der Waals surface area contributed by atoms with Crippen molar-refractivity contribution in [1.82, 2.24) is 10.2 Å². The second kappa shape index (κ2) is 9.10. The number of hydrogen-bond acceptors (Lipinski definition) is 3. The predicted molar refractivity (Wildman–Crippen MR) is 117 cm³/mol. The van der Waals surface area contributed by atoms with Crippen LogP contribution < -0.4 is 10.1 Å². The summed E-state index contributed by atoms with van der Waals surface area (Å²) in [5.41, 5.74) is 1.95. The average molecular weight is 389 g/mol. The Bertz CT molecular complexity index is 957. The maximum atomic E-state index is 12.8. The van der Waals surface area contributed by atoms with Gasteiger partial charge in [0, 0.05) is 12.1 Å². The Morgan fingerprint density at radius 1 is 1.00 bits per heavy atom. The third kappa shape index (κ3) is 4.43. The molecule has 1 fully saturated rings. The lowest BCUT2D eigenvalue weighted by atomic mass is 9.97. The molecule has 4 nitrogen and oxygen atoms in total. The number of nitrogens with zero attached hydrogens (tertiary/aromatic N) is 1. The van der Waals surface area contributed by atoms with Gasteiger partial charge in [-0.3, -0.25) is 9.69 Å². The van der Waals surface area contributed by atoms with Gasteiger partial charge in [0.05, 0.1) is 12.6 Å². The molecule has 0 bridgehead atoms. The second-order valence-electron chi connectivity index (χ2n) is 7.49. The zero-order chi connectivity index (χ0) is 20.1. The third-order valence-corrected chi connectivity index (χ3v) is 5.65. The van der Waals surface area contributed by atoms with Crippen molar-refractivity contribution in [2.75, 3.05) is 26.2 Å². The Labute approximate surface area is 172 Å². The summed E-state index contributed by atoms with van der Waals surface area (Å²) in [6.45, 7) is 5.32. The fraction of sp³-hybridized carbons (Fsp3) is 0.320. The highest BCUT2D eigenvalue weighted by Gasteiger charge is 2.25. The normalized spacial score (nSPS) is 15.3. The molecule has 0 aromatic heterocycles. The first-order chi connectivity index (χ1) is 14.3. The van der Waals surface area contributed by atoms with E-state index in [1.165, 1.54) is 29.2 Å². The summed E-state index contributed by atoms with van der Waals surface area (Å²) in [5.74, 6) is 0.743. The van der Waals surface area contributed by atoms with E-state index < -0.39 is 0 Å². The fourth-order valence-electron chi connectivity index (χ4n) is 4.19. The molecule has 0 unspecified atom stereocenters. The number of rotatable bonds is 7. The molecule has 3 aromatic rings. The van der Waals surface area contributed by atoms with Gasteiger partial charge in [-0.05, 0) is 73.5 Å². The minimum atomic E-state index is -0.0440. The van der Waals surface area contributed by atoms with Gasteiger partial charge in [0.15, 0.2) is 0 Å². The molecule has 0 radical (unpaired) electrons. The van der Waals surface area contributed by atoms with Crippen LogP contribution in [0.4, 0.5) is 0 Å². The number of likely N-dealkylation sites (tertiary alicyclic amines) is 1. The summed E-state index contributed by atoms with van der Waals surface area (Å²) in [5, 5.41) is 5.68. The lowest BCUT2D eigenvalue weighted by Gasteiger charge is -2.29. The summed E-state index contributed by atoms with van der Waals surface area (Å²) in [7, 11) is 0. The number of amides is 1. The first-order valence-corrected chi connectivity index (χ1v) is 10.5. The summed E-state index contributed by atoms with van der Waals surface area (Å²) < 4.78 is 5.47. The molecule has 1 atom stereocenters. The van der Waals surface area contributed by atoms with Crippen LogP contribution in [-0.4, -0.2) is 37.0 Å². The number of benzene rings is 3. The summed E-state index contributed by atoms with van der Waals surface area (Å²) in [6, 6.07) is 22.5. The maximum Gasteiger partial charge on any atom is 0.251 e. The maximum absolute atomic E-state index is 12.8. The highest BCUT2D eigenvalue weighted by Crippen LogP contribution is 2.30. The van der Waals surface area contributed by atoms with Crippen molar-refractivity contribution in [2.24, 2.45) is 0 Å². The van der Waals surface area contributed by atoms with Gasteiger partial charge in [0.2, 0.25) is 0 Å². The SMILES string of the molecule is CCOc1ccc(C(=O)NC[C@@H](c2cccc3ccccc23)N2CCCC2)cc1. The van der Waals surface area contributed by atoms with Crippen LogP contribution in [0.5, 0.6) is 5.75 Å². The van der Waals surface area contributed by atoms with E-state index in [0.29, 0.717) is 18.7 Å². The molecule has 150 valence electrons. The van der Waals surface area contributed by atoms with Crippen LogP contribution in [0, 0.1) is 0 Å². The molecule has 1 aliphatic heterocycles. The number of hydrogen-bond donors (Lipinski definition) is 1. The highest BCUT2D eigenvalue weighted by atomic mass is 16.5. The fourth-order valence-corrected chi connectivity index (χ4v) is 4.19. The van der Waals surface area contributed by atoms with Gasteiger partial charge < -0.3 is 10.1 Å². The zero-order valence-electron chi connectivity index (χ0n) is 16.9. The molecule has 1 heterocycles. The van der Waals surface area contributed by atoms with Gasteiger partial charge in [0.1, 0.15) is 5.75 Å². The molecule has 1 saturated heterocycles. The molecule has 0 spiro atoms. The smallest absolute Gasteiger partial charge is 0.251 e. The number of nitrogens with one attached hydrogen (secondary N) is 1. The zero-order valence-corrected chi connectivity index (χ0v) is 16.9. The molecule has 29 heavy (non-hydrogen) atoms. The van der Waals surface area contributed by atoms with Gasteiger partial charge in [-0.2, -0.15) is 0 Å². The van der Waals surface area contributed by atoms with Gasteiger partial charge in [-0.15, -0.1) is 0 Å². The van der Waals surface area contributed by atoms with Crippen LogP contribution in [0.1, 0.15) is 41.7 Å². The van der Waals surface area contributed by atoms with Crippen molar-refractivity contribution >= 4 is 16.7 Å². The van der Waals surface area contributed by atoms with Crippen molar-refractivity contribution in [3.8, 4) is 5.75 Å². The Hall–Kier alpha value is -2.85. The largest absolute Gasteiger partial charge is 0.494 e. The van der Waals surface area contributed by atoms with Crippen LogP contribution in [0.3, 0.4) is 0 Å². The Morgan fingerprint density at radius 3 is 2.48 bits per heavy atom. The van der Waals surface area contributed by atoms with Gasteiger partial charge >= 0.3 is 0 Å². The van der Waals surface area contributed by atoms with E-state index in [4.69, 9.17) is 4.74 Å². The van der Waals surface area contributed by atoms with Gasteiger partial charge in [0.25, 0.3) is 5.91 Å². The van der Waals surface area contributed by atoms with E-state index in [0.717, 1.165) is 18.8 Å². The molecule has 1 N–H and O–H groups in total. The first-order valence-electron chi connectivity index (χ1n) is 10.5. The molecule has 0 aliphatic carbocycles. The molecule has 3 aromatic carbocycles. The number of carbonyl (C=O) groups is 1. The van der Waals surface area contributed by atoms with Crippen LogP contribution in [-0.2, 0) is 0 Å². The van der Waals surface area contributed by atoms with E-state index in [1.807, 2.05) is 31.2 Å². The van der Waals surface area contributed by atoms with Crippen molar-refractivity contribution in [1.29, 1.82) is 0 Å². The number of ether oxygens (including phenoxy) is 1. The van der Waals surface area contributed by atoms with Gasteiger partial charge in [-0.1, -0.05) is 42.5 Å². The minimum Gasteiger partial charge on any atom is -0.494 e. The molecule has 4 heteroatoms. The third-order valence-electron chi connectivity index (χ3n) is 5.65. The molecule has 4 rings (SSSR count). The topological polar surface area (TPSA) is 41.6 Å². The molecular weight excluding hydrogens is 360 g/mol. The van der Waals surface area contributed by atoms with Crippen LogP contribution in [0.2, 0.25) is 0 Å². The van der Waals surface area contributed by atoms with E-state index in [1.54, 1.807) is 0 Å². The standard InChI is InChI=1S/C25H28N2O2/c1-2-29-21-14-12-20(13-15-21)25(28)26-18-24(27-16-5-6-17-27)23-11-7-9-19-8-3-4-10-22(19)23/h3-4,7-15,24H,2,5-6,16-18H2,1H3,(H,26,28)/t24-/m0/s1. The van der Waals surface area contributed by atoms with Gasteiger partial charge in [-0.25, -0.2) is 0 Å². The number of carbonyl (C=O) groups excluding carboxylic acids is 1. The Kier molecular flexibility index (Phi) is 6.11. The van der Waals surface area contributed by atoms with E-state index in [-0.39, 0.29) is 11.9 Å². The van der Waals surface area contributed by atoms with Crippen LogP contribution in [0.25, 0.3) is 10.8 Å². The molecular formula is C25H28N2O2. The van der Waals surface area contributed by atoms with E-state index >= 15 is 0 Å². The summed E-state index contributed by atoms with van der Waals surface area (Å²) in [4.78, 5) is 15.3. The van der Waals surface area contributed by atoms with Crippen molar-refractivity contribution in [2.45, 2.75) is 25.8 Å². The van der Waals surface area contributed by atoms with Crippen LogP contribution in [0.15, 0.2) is 66.7 Å². The second-order valence-corrected chi connectivity index (χ2v) is 7.49. The van der Waals surface area contributed by atoms with E-state index in [2.05, 4.69) is 52.7 Å².